The van der Waals surface area contributed by atoms with Gasteiger partial charge in [0.05, 0.1) is 12.7 Å². The van der Waals surface area contributed by atoms with E-state index in [2.05, 4.69) is 0 Å². The highest BCUT2D eigenvalue weighted by Crippen LogP contribution is 2.22. The first-order valence-corrected chi connectivity index (χ1v) is 7.92. The summed E-state index contributed by atoms with van der Waals surface area (Å²) < 4.78 is 18.4. The third-order valence-corrected chi connectivity index (χ3v) is 3.91. The van der Waals surface area contributed by atoms with Gasteiger partial charge in [-0.05, 0) is 44.7 Å². The number of benzene rings is 1. The Balaban J connectivity index is 1.71. The monoisotopic (exact) mass is 309 g/mol. The average molecular weight is 309 g/mol. The average Bonchev–Trinajstić information content (AvgIpc) is 2.91. The topological polar surface area (TPSA) is 49.8 Å². The Morgan fingerprint density at radius 2 is 2.36 bits per heavy atom. The molecule has 1 amide bonds. The highest BCUT2D eigenvalue weighted by molar-refractivity contribution is 5.76. The van der Waals surface area contributed by atoms with E-state index >= 15 is 0 Å². The number of amides is 1. The highest BCUT2D eigenvalue weighted by atomic mass is 19.1. The van der Waals surface area contributed by atoms with Crippen LogP contribution in [0.15, 0.2) is 24.3 Å². The lowest BCUT2D eigenvalue weighted by molar-refractivity contribution is -0.132. The van der Waals surface area contributed by atoms with Gasteiger partial charge in [0.2, 0.25) is 5.91 Å². The maximum absolute atomic E-state index is 13.0. The number of nitrogens with zero attached hydrogens (tertiary/aromatic N) is 1. The number of ether oxygens (including phenoxy) is 1. The smallest absolute Gasteiger partial charge is 0.222 e. The number of carbonyl (C=O) groups excluding carboxylic acids is 1. The van der Waals surface area contributed by atoms with Gasteiger partial charge in [0.1, 0.15) is 11.6 Å². The Morgan fingerprint density at radius 1 is 1.55 bits per heavy atom. The van der Waals surface area contributed by atoms with Crippen LogP contribution in [0.3, 0.4) is 0 Å². The van der Waals surface area contributed by atoms with Gasteiger partial charge >= 0.3 is 0 Å². The second kappa shape index (κ2) is 8.13. The molecule has 2 atom stereocenters. The third-order valence-electron chi connectivity index (χ3n) is 3.91. The van der Waals surface area contributed by atoms with Gasteiger partial charge < -0.3 is 14.7 Å². The number of likely N-dealkylation sites (tertiary alicyclic amines) is 1. The Morgan fingerprint density at radius 3 is 3.09 bits per heavy atom. The molecule has 1 aromatic carbocycles. The summed E-state index contributed by atoms with van der Waals surface area (Å²) >= 11 is 0. The van der Waals surface area contributed by atoms with Crippen LogP contribution in [0.5, 0.6) is 5.75 Å². The van der Waals surface area contributed by atoms with Crippen LogP contribution in [0.2, 0.25) is 0 Å². The van der Waals surface area contributed by atoms with Crippen LogP contribution in [-0.2, 0) is 4.79 Å². The molecule has 5 heteroatoms. The van der Waals surface area contributed by atoms with Gasteiger partial charge in [-0.2, -0.15) is 0 Å². The summed E-state index contributed by atoms with van der Waals surface area (Å²) in [6.07, 6.45) is 3.26. The summed E-state index contributed by atoms with van der Waals surface area (Å²) in [5, 5.41) is 9.49. The molecular formula is C17H24FNO3. The maximum atomic E-state index is 13.0. The summed E-state index contributed by atoms with van der Waals surface area (Å²) in [7, 11) is 0. The van der Waals surface area contributed by atoms with Crippen molar-refractivity contribution in [2.45, 2.75) is 51.2 Å². The Kier molecular flexibility index (Phi) is 6.19. The van der Waals surface area contributed by atoms with E-state index in [1.807, 2.05) is 4.90 Å². The lowest BCUT2D eigenvalue weighted by Crippen LogP contribution is -2.37. The van der Waals surface area contributed by atoms with E-state index in [1.54, 1.807) is 19.1 Å². The molecule has 1 heterocycles. The molecule has 2 rings (SSSR count). The number of aliphatic hydroxyl groups excluding tert-OH is 1. The summed E-state index contributed by atoms with van der Waals surface area (Å²) in [4.78, 5) is 14.1. The number of rotatable bonds is 7. The summed E-state index contributed by atoms with van der Waals surface area (Å²) in [5.74, 6) is 0.276. The van der Waals surface area contributed by atoms with Crippen LogP contribution in [0.4, 0.5) is 4.39 Å². The summed E-state index contributed by atoms with van der Waals surface area (Å²) in [6.45, 7) is 2.93. The Bertz CT molecular complexity index is 493. The van der Waals surface area contributed by atoms with Crippen LogP contribution in [0.25, 0.3) is 0 Å². The summed E-state index contributed by atoms with van der Waals surface area (Å²) in [5.41, 5.74) is 0. The first kappa shape index (κ1) is 16.7. The highest BCUT2D eigenvalue weighted by Gasteiger charge is 2.28. The van der Waals surface area contributed by atoms with Gasteiger partial charge in [-0.1, -0.05) is 6.07 Å². The third kappa shape index (κ3) is 4.98. The molecule has 1 aliphatic rings. The number of aliphatic hydroxyl groups is 1. The van der Waals surface area contributed by atoms with Crippen molar-refractivity contribution in [3.05, 3.63) is 30.1 Å². The fourth-order valence-electron chi connectivity index (χ4n) is 2.92. The lowest BCUT2D eigenvalue weighted by Gasteiger charge is -2.25. The molecule has 1 aromatic rings. The van der Waals surface area contributed by atoms with Crippen molar-refractivity contribution in [3.8, 4) is 5.75 Å². The Labute approximate surface area is 130 Å². The molecule has 0 aliphatic carbocycles. The SMILES string of the molecule is CC(O)CC1CCCN1C(=O)CCCOc1cccc(F)c1. The van der Waals surface area contributed by atoms with Gasteiger partial charge in [0, 0.05) is 25.1 Å². The lowest BCUT2D eigenvalue weighted by atomic mass is 10.1. The predicted octanol–water partition coefficient (Wildman–Crippen LogP) is 2.75. The largest absolute Gasteiger partial charge is 0.493 e. The van der Waals surface area contributed by atoms with Crippen molar-refractivity contribution >= 4 is 5.91 Å². The zero-order valence-corrected chi connectivity index (χ0v) is 13.0. The number of hydrogen-bond donors (Lipinski definition) is 1. The molecule has 1 aliphatic heterocycles. The van der Waals surface area contributed by atoms with Gasteiger partial charge in [-0.3, -0.25) is 4.79 Å². The minimum absolute atomic E-state index is 0.117. The molecule has 4 nitrogen and oxygen atoms in total. The van der Waals surface area contributed by atoms with Gasteiger partial charge in [0.15, 0.2) is 0 Å². The second-order valence-corrected chi connectivity index (χ2v) is 5.88. The van der Waals surface area contributed by atoms with Crippen molar-refractivity contribution in [2.24, 2.45) is 0 Å². The molecule has 2 unspecified atom stereocenters. The van der Waals surface area contributed by atoms with E-state index in [9.17, 15) is 14.3 Å². The van der Waals surface area contributed by atoms with Crippen LogP contribution < -0.4 is 4.74 Å². The molecule has 1 fully saturated rings. The van der Waals surface area contributed by atoms with E-state index in [0.717, 1.165) is 19.4 Å². The van der Waals surface area contributed by atoms with Crippen LogP contribution in [0, 0.1) is 5.82 Å². The molecule has 22 heavy (non-hydrogen) atoms. The standard InChI is InChI=1S/C17H24FNO3/c1-13(20)11-15-6-3-9-19(15)17(21)8-4-10-22-16-7-2-5-14(18)12-16/h2,5,7,12-13,15,20H,3-4,6,8-11H2,1H3. The quantitative estimate of drug-likeness (QED) is 0.788. The molecule has 0 saturated carbocycles. The molecule has 122 valence electrons. The van der Waals surface area contributed by atoms with Crippen molar-refractivity contribution in [1.82, 2.24) is 4.90 Å². The van der Waals surface area contributed by atoms with E-state index in [-0.39, 0.29) is 23.9 Å². The number of hydrogen-bond acceptors (Lipinski definition) is 3. The van der Waals surface area contributed by atoms with Crippen LogP contribution in [0.1, 0.15) is 39.0 Å². The van der Waals surface area contributed by atoms with Gasteiger partial charge in [0.25, 0.3) is 0 Å². The summed E-state index contributed by atoms with van der Waals surface area (Å²) in [6, 6.07) is 6.16. The minimum atomic E-state index is -0.380. The predicted molar refractivity (Wildman–Crippen MR) is 82.2 cm³/mol. The van der Waals surface area contributed by atoms with Gasteiger partial charge in [-0.25, -0.2) is 4.39 Å². The first-order valence-electron chi connectivity index (χ1n) is 7.92. The first-order chi connectivity index (χ1) is 10.6. The Hall–Kier alpha value is -1.62. The normalized spacial score (nSPS) is 19.2. The maximum Gasteiger partial charge on any atom is 0.222 e. The van der Waals surface area contributed by atoms with Crippen molar-refractivity contribution in [2.75, 3.05) is 13.2 Å². The van der Waals surface area contributed by atoms with Crippen molar-refractivity contribution < 1.29 is 19.0 Å². The molecule has 0 bridgehead atoms. The molecule has 1 saturated heterocycles. The number of carbonyl (C=O) groups is 1. The van der Waals surface area contributed by atoms with Crippen molar-refractivity contribution in [3.63, 3.8) is 0 Å². The minimum Gasteiger partial charge on any atom is -0.493 e. The second-order valence-electron chi connectivity index (χ2n) is 5.88. The molecular weight excluding hydrogens is 285 g/mol. The van der Waals surface area contributed by atoms with E-state index in [0.29, 0.717) is 31.6 Å². The molecule has 0 radical (unpaired) electrons. The van der Waals surface area contributed by atoms with Crippen LogP contribution >= 0.6 is 0 Å². The molecule has 0 aromatic heterocycles. The number of halogens is 1. The fraction of sp³-hybridized carbons (Fsp3) is 0.588. The van der Waals surface area contributed by atoms with Crippen LogP contribution in [-0.4, -0.2) is 41.2 Å². The zero-order valence-electron chi connectivity index (χ0n) is 13.0. The zero-order chi connectivity index (χ0) is 15.9. The van der Waals surface area contributed by atoms with Gasteiger partial charge in [-0.15, -0.1) is 0 Å². The molecule has 0 spiro atoms. The van der Waals surface area contributed by atoms with E-state index in [1.165, 1.54) is 12.1 Å². The van der Waals surface area contributed by atoms with Crippen molar-refractivity contribution in [1.29, 1.82) is 0 Å². The van der Waals surface area contributed by atoms with E-state index < -0.39 is 0 Å². The molecule has 1 N–H and O–H groups in total. The van der Waals surface area contributed by atoms with E-state index in [4.69, 9.17) is 4.74 Å². The fourth-order valence-corrected chi connectivity index (χ4v) is 2.92.